The summed E-state index contributed by atoms with van der Waals surface area (Å²) in [5, 5.41) is 0. The third kappa shape index (κ3) is 8.43. The summed E-state index contributed by atoms with van der Waals surface area (Å²) in [5.41, 5.74) is 6.66. The molecule has 5 aromatic rings. The van der Waals surface area contributed by atoms with Gasteiger partial charge < -0.3 is 22.0 Å². The molecular weight excluding hydrogens is 503 g/mol. The van der Waals surface area contributed by atoms with Gasteiger partial charge >= 0.3 is 18.8 Å². The van der Waals surface area contributed by atoms with E-state index in [4.69, 9.17) is 9.15 Å². The Kier molecular flexibility index (Phi) is 8.95. The highest BCUT2D eigenvalue weighted by atomic mass is 19.5. The molecule has 0 aliphatic heterocycles. The Labute approximate surface area is 225 Å². The van der Waals surface area contributed by atoms with Gasteiger partial charge in [0.2, 0.25) is 0 Å². The summed E-state index contributed by atoms with van der Waals surface area (Å²) >= 11 is 0. The van der Waals surface area contributed by atoms with E-state index in [0.29, 0.717) is 0 Å². The van der Waals surface area contributed by atoms with Gasteiger partial charge in [0.15, 0.2) is 0 Å². The number of halogens is 4. The SMILES string of the molecule is COc1ccc(/C=C\c2ccc(-c3cc(-c4ccccc4)[o+]c(-c4ccccc4)c3)cc2)cc1.F[B-](F)(F)F. The van der Waals surface area contributed by atoms with Crippen LogP contribution < -0.4 is 4.74 Å². The average molecular weight is 528 g/mol. The lowest BCUT2D eigenvalue weighted by Crippen LogP contribution is -2.02. The lowest BCUT2D eigenvalue weighted by Gasteiger charge is -2.03. The number of benzene rings is 4. The van der Waals surface area contributed by atoms with Gasteiger partial charge in [-0.15, -0.1) is 0 Å². The first-order chi connectivity index (χ1) is 18.8. The van der Waals surface area contributed by atoms with E-state index < -0.39 is 7.25 Å². The van der Waals surface area contributed by atoms with Crippen LogP contribution in [-0.2, 0) is 0 Å². The van der Waals surface area contributed by atoms with Gasteiger partial charge in [-0.25, -0.2) is 4.42 Å². The molecule has 196 valence electrons. The maximum Gasteiger partial charge on any atom is 0.673 e. The summed E-state index contributed by atoms with van der Waals surface area (Å²) in [6.45, 7) is 0. The van der Waals surface area contributed by atoms with Crippen LogP contribution in [-0.4, -0.2) is 14.4 Å². The Balaban J connectivity index is 0.000000648. The maximum absolute atomic E-state index is 9.75. The second-order valence-corrected chi connectivity index (χ2v) is 8.53. The van der Waals surface area contributed by atoms with E-state index >= 15 is 0 Å². The van der Waals surface area contributed by atoms with Crippen LogP contribution in [0.15, 0.2) is 126 Å². The molecule has 39 heavy (non-hydrogen) atoms. The fraction of sp³-hybridized carbons (Fsp3) is 0.0312. The standard InChI is InChI=1S/C32H25O2.BF4/c1-33-30-20-16-25(17-21-30)13-12-24-14-18-26(19-15-24)29-22-31(27-8-4-2-5-9-27)34-32(23-29)28-10-6-3-7-11-28;2-1(3,4)5/h2-23H,1H3;/q+1;-1/b13-12-;. The fourth-order valence-corrected chi connectivity index (χ4v) is 3.85. The van der Waals surface area contributed by atoms with Crippen molar-refractivity contribution >= 4 is 19.4 Å². The van der Waals surface area contributed by atoms with E-state index in [1.54, 1.807) is 7.11 Å². The molecule has 0 fully saturated rings. The summed E-state index contributed by atoms with van der Waals surface area (Å²) in [6, 6.07) is 41.3. The van der Waals surface area contributed by atoms with Crippen LogP contribution in [0, 0.1) is 0 Å². The summed E-state index contributed by atoms with van der Waals surface area (Å²) in [4.78, 5) is 0. The zero-order chi connectivity index (χ0) is 27.7. The largest absolute Gasteiger partial charge is 0.673 e. The molecule has 0 radical (unpaired) electrons. The topological polar surface area (TPSA) is 20.5 Å². The number of hydrogen-bond acceptors (Lipinski definition) is 1. The molecule has 0 spiro atoms. The minimum Gasteiger partial charge on any atom is -0.497 e. The first-order valence-corrected chi connectivity index (χ1v) is 12.2. The molecule has 7 heteroatoms. The maximum atomic E-state index is 9.75. The Morgan fingerprint density at radius 2 is 0.949 bits per heavy atom. The van der Waals surface area contributed by atoms with Crippen molar-refractivity contribution in [3.63, 3.8) is 0 Å². The summed E-state index contributed by atoms with van der Waals surface area (Å²) in [6.07, 6.45) is 4.23. The zero-order valence-corrected chi connectivity index (χ0v) is 21.1. The van der Waals surface area contributed by atoms with Crippen LogP contribution in [0.5, 0.6) is 5.75 Å². The number of hydrogen-bond donors (Lipinski definition) is 0. The summed E-state index contributed by atoms with van der Waals surface area (Å²) < 4.78 is 50.5. The van der Waals surface area contributed by atoms with Crippen LogP contribution in [0.3, 0.4) is 0 Å². The van der Waals surface area contributed by atoms with Gasteiger partial charge in [-0.3, -0.25) is 0 Å². The number of methoxy groups -OCH3 is 1. The van der Waals surface area contributed by atoms with E-state index in [0.717, 1.165) is 50.7 Å². The van der Waals surface area contributed by atoms with Gasteiger partial charge in [-0.1, -0.05) is 84.9 Å². The molecule has 0 atom stereocenters. The second-order valence-electron chi connectivity index (χ2n) is 8.53. The molecular formula is C32H25BF4O2. The molecule has 4 aromatic carbocycles. The molecule has 0 saturated carbocycles. The molecule has 5 rings (SSSR count). The first-order valence-electron chi connectivity index (χ1n) is 12.2. The van der Waals surface area contributed by atoms with Crippen molar-refractivity contribution in [1.82, 2.24) is 0 Å². The Bertz CT molecular complexity index is 1440. The average Bonchev–Trinajstić information content (AvgIpc) is 2.96. The van der Waals surface area contributed by atoms with Crippen LogP contribution in [0.2, 0.25) is 0 Å². The quantitative estimate of drug-likeness (QED) is 0.0946. The minimum atomic E-state index is -6.00. The normalized spacial score (nSPS) is 11.1. The molecule has 0 N–H and O–H groups in total. The number of rotatable bonds is 6. The van der Waals surface area contributed by atoms with Crippen LogP contribution in [0.25, 0.3) is 45.9 Å². The Hall–Kier alpha value is -4.65. The van der Waals surface area contributed by atoms with Crippen LogP contribution >= 0.6 is 0 Å². The second kappa shape index (κ2) is 12.7. The van der Waals surface area contributed by atoms with Gasteiger partial charge in [0.25, 0.3) is 0 Å². The van der Waals surface area contributed by atoms with Crippen molar-refractivity contribution in [3.8, 4) is 39.5 Å². The molecule has 1 aromatic heterocycles. The van der Waals surface area contributed by atoms with Gasteiger partial charge in [-0.2, -0.15) is 0 Å². The molecule has 1 heterocycles. The van der Waals surface area contributed by atoms with Crippen molar-refractivity contribution in [2.45, 2.75) is 0 Å². The summed E-state index contributed by atoms with van der Waals surface area (Å²) in [7, 11) is -4.32. The van der Waals surface area contributed by atoms with Crippen molar-refractivity contribution in [2.24, 2.45) is 0 Å². The molecule has 0 aliphatic carbocycles. The van der Waals surface area contributed by atoms with Gasteiger partial charge in [0.1, 0.15) is 5.75 Å². The Morgan fingerprint density at radius 1 is 0.538 bits per heavy atom. The van der Waals surface area contributed by atoms with Gasteiger partial charge in [0.05, 0.1) is 30.4 Å². The highest BCUT2D eigenvalue weighted by Crippen LogP contribution is 2.33. The third-order valence-corrected chi connectivity index (χ3v) is 5.74. The van der Waals surface area contributed by atoms with Gasteiger partial charge in [0, 0.05) is 5.56 Å². The molecule has 2 nitrogen and oxygen atoms in total. The zero-order valence-electron chi connectivity index (χ0n) is 21.1. The van der Waals surface area contributed by atoms with Crippen molar-refractivity contribution < 1.29 is 26.4 Å². The van der Waals surface area contributed by atoms with Gasteiger partial charge in [-0.05, 0) is 53.1 Å². The van der Waals surface area contributed by atoms with Crippen molar-refractivity contribution in [1.29, 1.82) is 0 Å². The fourth-order valence-electron chi connectivity index (χ4n) is 3.85. The highest BCUT2D eigenvalue weighted by Gasteiger charge is 2.21. The molecule has 0 saturated heterocycles. The Morgan fingerprint density at radius 3 is 1.36 bits per heavy atom. The van der Waals surface area contributed by atoms with Crippen molar-refractivity contribution in [2.75, 3.05) is 7.11 Å². The molecule has 0 amide bonds. The summed E-state index contributed by atoms with van der Waals surface area (Å²) in [5.74, 6) is 2.56. The van der Waals surface area contributed by atoms with E-state index in [2.05, 4.69) is 72.8 Å². The van der Waals surface area contributed by atoms with Crippen LogP contribution in [0.4, 0.5) is 17.3 Å². The smallest absolute Gasteiger partial charge is 0.497 e. The lowest BCUT2D eigenvalue weighted by atomic mass is 10.0. The monoisotopic (exact) mass is 528 g/mol. The molecule has 0 unspecified atom stereocenters. The predicted molar refractivity (Wildman–Crippen MR) is 152 cm³/mol. The molecule has 0 bridgehead atoms. The molecule has 0 aliphatic rings. The number of ether oxygens (including phenoxy) is 1. The van der Waals surface area contributed by atoms with E-state index in [9.17, 15) is 17.3 Å². The highest BCUT2D eigenvalue weighted by molar-refractivity contribution is 6.50. The first kappa shape index (κ1) is 27.4. The van der Waals surface area contributed by atoms with E-state index in [1.807, 2.05) is 60.7 Å². The predicted octanol–water partition coefficient (Wildman–Crippen LogP) is 10.0. The van der Waals surface area contributed by atoms with Crippen molar-refractivity contribution in [3.05, 3.63) is 132 Å². The minimum absolute atomic E-state index is 0.848. The van der Waals surface area contributed by atoms with Crippen LogP contribution in [0.1, 0.15) is 11.1 Å². The van der Waals surface area contributed by atoms with E-state index in [-0.39, 0.29) is 0 Å². The third-order valence-electron chi connectivity index (χ3n) is 5.74. The lowest BCUT2D eigenvalue weighted by molar-refractivity contribution is 0.368. The van der Waals surface area contributed by atoms with E-state index in [1.165, 1.54) is 0 Å².